The SMILES string of the molecule is Cc1ccc(Cl)cc1NC(=O)[C@@H](C)OC(=O)[C@@H]1CC(=O)N(Cc2ccccc2)C1. The summed E-state index contributed by atoms with van der Waals surface area (Å²) in [6, 6.07) is 14.8. The number of esters is 1. The van der Waals surface area contributed by atoms with E-state index in [1.165, 1.54) is 6.92 Å². The van der Waals surface area contributed by atoms with Crippen molar-refractivity contribution < 1.29 is 19.1 Å². The average Bonchev–Trinajstić information content (AvgIpc) is 3.06. The summed E-state index contributed by atoms with van der Waals surface area (Å²) in [7, 11) is 0. The molecule has 0 aromatic heterocycles. The average molecular weight is 415 g/mol. The Hall–Kier alpha value is -2.86. The predicted molar refractivity (Wildman–Crippen MR) is 110 cm³/mol. The lowest BCUT2D eigenvalue weighted by molar-refractivity contribution is -0.157. The van der Waals surface area contributed by atoms with Crippen LogP contribution in [-0.4, -0.2) is 35.3 Å². The van der Waals surface area contributed by atoms with E-state index in [-0.39, 0.29) is 18.9 Å². The van der Waals surface area contributed by atoms with E-state index in [1.807, 2.05) is 37.3 Å². The molecule has 0 radical (unpaired) electrons. The van der Waals surface area contributed by atoms with Crippen LogP contribution in [0.5, 0.6) is 0 Å². The molecule has 152 valence electrons. The van der Waals surface area contributed by atoms with Crippen LogP contribution in [0.2, 0.25) is 5.02 Å². The van der Waals surface area contributed by atoms with E-state index in [0.29, 0.717) is 17.3 Å². The number of nitrogens with zero attached hydrogens (tertiary/aromatic N) is 1. The molecule has 2 atom stereocenters. The molecule has 1 saturated heterocycles. The Morgan fingerprint density at radius 3 is 2.69 bits per heavy atom. The molecular weight excluding hydrogens is 392 g/mol. The molecule has 1 N–H and O–H groups in total. The van der Waals surface area contributed by atoms with Crippen molar-refractivity contribution in [1.82, 2.24) is 4.90 Å². The molecule has 6 nitrogen and oxygen atoms in total. The smallest absolute Gasteiger partial charge is 0.312 e. The molecular formula is C22H23ClN2O4. The van der Waals surface area contributed by atoms with Gasteiger partial charge in [-0.05, 0) is 37.1 Å². The third-order valence-electron chi connectivity index (χ3n) is 4.88. The van der Waals surface area contributed by atoms with E-state index in [4.69, 9.17) is 16.3 Å². The number of rotatable bonds is 6. The van der Waals surface area contributed by atoms with Gasteiger partial charge < -0.3 is 15.0 Å². The number of anilines is 1. The fourth-order valence-corrected chi connectivity index (χ4v) is 3.35. The number of benzene rings is 2. The van der Waals surface area contributed by atoms with E-state index >= 15 is 0 Å². The highest BCUT2D eigenvalue weighted by atomic mass is 35.5. The first-order chi connectivity index (χ1) is 13.8. The molecule has 7 heteroatoms. The number of hydrogen-bond donors (Lipinski definition) is 1. The number of carbonyl (C=O) groups is 3. The Kier molecular flexibility index (Phi) is 6.54. The van der Waals surface area contributed by atoms with Crippen LogP contribution < -0.4 is 5.32 Å². The van der Waals surface area contributed by atoms with Gasteiger partial charge in [0, 0.05) is 30.2 Å². The maximum Gasteiger partial charge on any atom is 0.312 e. The number of nitrogens with one attached hydrogen (secondary N) is 1. The minimum atomic E-state index is -0.987. The van der Waals surface area contributed by atoms with Gasteiger partial charge in [0.05, 0.1) is 5.92 Å². The fraction of sp³-hybridized carbons (Fsp3) is 0.318. The fourth-order valence-electron chi connectivity index (χ4n) is 3.17. The quantitative estimate of drug-likeness (QED) is 0.733. The lowest BCUT2D eigenvalue weighted by atomic mass is 10.1. The Morgan fingerprint density at radius 2 is 1.97 bits per heavy atom. The predicted octanol–water partition coefficient (Wildman–Crippen LogP) is 3.57. The molecule has 2 amide bonds. The second kappa shape index (κ2) is 9.09. The van der Waals surface area contributed by atoms with Crippen LogP contribution in [0.3, 0.4) is 0 Å². The van der Waals surface area contributed by atoms with Crippen molar-refractivity contribution in [2.24, 2.45) is 5.92 Å². The zero-order valence-corrected chi connectivity index (χ0v) is 17.1. The number of halogens is 1. The maximum absolute atomic E-state index is 12.5. The van der Waals surface area contributed by atoms with Gasteiger partial charge in [0.15, 0.2) is 6.10 Å². The van der Waals surface area contributed by atoms with Gasteiger partial charge in [-0.25, -0.2) is 0 Å². The van der Waals surface area contributed by atoms with Crippen LogP contribution in [0.4, 0.5) is 5.69 Å². The zero-order chi connectivity index (χ0) is 21.0. The summed E-state index contributed by atoms with van der Waals surface area (Å²) < 4.78 is 5.32. The van der Waals surface area contributed by atoms with Gasteiger partial charge in [0.25, 0.3) is 5.91 Å². The third-order valence-corrected chi connectivity index (χ3v) is 5.12. The van der Waals surface area contributed by atoms with Crippen LogP contribution in [0, 0.1) is 12.8 Å². The van der Waals surface area contributed by atoms with E-state index in [2.05, 4.69) is 5.32 Å². The van der Waals surface area contributed by atoms with Crippen molar-refractivity contribution in [3.63, 3.8) is 0 Å². The number of carbonyl (C=O) groups excluding carboxylic acids is 3. The second-order valence-electron chi connectivity index (χ2n) is 7.19. The normalized spacial score (nSPS) is 17.1. The Balaban J connectivity index is 1.54. The highest BCUT2D eigenvalue weighted by Crippen LogP contribution is 2.23. The standard InChI is InChI=1S/C22H23ClN2O4/c1-14-8-9-18(23)11-19(14)24-21(27)15(2)29-22(28)17-10-20(26)25(13-17)12-16-6-4-3-5-7-16/h3-9,11,15,17H,10,12-13H2,1-2H3,(H,24,27)/t15-,17-/m1/s1. The van der Waals surface area contributed by atoms with Crippen LogP contribution in [0.1, 0.15) is 24.5 Å². The first kappa shape index (κ1) is 20.9. The zero-order valence-electron chi connectivity index (χ0n) is 16.4. The van der Waals surface area contributed by atoms with E-state index < -0.39 is 23.9 Å². The van der Waals surface area contributed by atoms with Crippen LogP contribution in [0.25, 0.3) is 0 Å². The van der Waals surface area contributed by atoms with Crippen LogP contribution in [0.15, 0.2) is 48.5 Å². The van der Waals surface area contributed by atoms with Crippen LogP contribution in [-0.2, 0) is 25.7 Å². The molecule has 1 fully saturated rings. The first-order valence-corrected chi connectivity index (χ1v) is 9.80. The van der Waals surface area contributed by atoms with Gasteiger partial charge in [0.1, 0.15) is 0 Å². The minimum absolute atomic E-state index is 0.0907. The van der Waals surface area contributed by atoms with Crippen molar-refractivity contribution in [2.45, 2.75) is 32.9 Å². The van der Waals surface area contributed by atoms with Gasteiger partial charge in [0.2, 0.25) is 5.91 Å². The Morgan fingerprint density at radius 1 is 1.24 bits per heavy atom. The molecule has 3 rings (SSSR count). The molecule has 0 aliphatic carbocycles. The topological polar surface area (TPSA) is 75.7 Å². The van der Waals surface area contributed by atoms with Gasteiger partial charge in [-0.3, -0.25) is 14.4 Å². The van der Waals surface area contributed by atoms with Gasteiger partial charge in [-0.2, -0.15) is 0 Å². The summed E-state index contributed by atoms with van der Waals surface area (Å²) in [4.78, 5) is 38.8. The molecule has 0 saturated carbocycles. The first-order valence-electron chi connectivity index (χ1n) is 9.42. The van der Waals surface area contributed by atoms with Crippen molar-refractivity contribution in [1.29, 1.82) is 0 Å². The highest BCUT2D eigenvalue weighted by Gasteiger charge is 2.36. The van der Waals surface area contributed by atoms with E-state index in [1.54, 1.807) is 23.1 Å². The number of amides is 2. The summed E-state index contributed by atoms with van der Waals surface area (Å²) >= 11 is 5.96. The highest BCUT2D eigenvalue weighted by molar-refractivity contribution is 6.31. The van der Waals surface area contributed by atoms with Gasteiger partial charge in [-0.1, -0.05) is 48.0 Å². The Bertz CT molecular complexity index is 916. The molecule has 2 aromatic carbocycles. The lowest BCUT2D eigenvalue weighted by Crippen LogP contribution is -2.33. The number of likely N-dealkylation sites (tertiary alicyclic amines) is 1. The molecule has 0 spiro atoms. The van der Waals surface area contributed by atoms with E-state index in [9.17, 15) is 14.4 Å². The van der Waals surface area contributed by atoms with Crippen molar-refractivity contribution in [3.8, 4) is 0 Å². The third kappa shape index (κ3) is 5.35. The lowest BCUT2D eigenvalue weighted by Gasteiger charge is -2.18. The van der Waals surface area contributed by atoms with E-state index in [0.717, 1.165) is 11.1 Å². The van der Waals surface area contributed by atoms with Crippen molar-refractivity contribution >= 4 is 35.1 Å². The van der Waals surface area contributed by atoms with Gasteiger partial charge >= 0.3 is 5.97 Å². The summed E-state index contributed by atoms with van der Waals surface area (Å²) in [6.45, 7) is 4.08. The van der Waals surface area contributed by atoms with Crippen LogP contribution >= 0.6 is 11.6 Å². The summed E-state index contributed by atoms with van der Waals surface area (Å²) in [5.41, 5.74) is 2.41. The minimum Gasteiger partial charge on any atom is -0.452 e. The molecule has 1 aliphatic heterocycles. The maximum atomic E-state index is 12.5. The van der Waals surface area contributed by atoms with Gasteiger partial charge in [-0.15, -0.1) is 0 Å². The van der Waals surface area contributed by atoms with Crippen molar-refractivity contribution in [3.05, 3.63) is 64.7 Å². The van der Waals surface area contributed by atoms with Crippen molar-refractivity contribution in [2.75, 3.05) is 11.9 Å². The second-order valence-corrected chi connectivity index (χ2v) is 7.62. The number of aryl methyl sites for hydroxylation is 1. The summed E-state index contributed by atoms with van der Waals surface area (Å²) in [5.74, 6) is -1.66. The number of ether oxygens (including phenoxy) is 1. The number of hydrogen-bond acceptors (Lipinski definition) is 4. The summed E-state index contributed by atoms with van der Waals surface area (Å²) in [6.07, 6.45) is -0.896. The summed E-state index contributed by atoms with van der Waals surface area (Å²) in [5, 5.41) is 3.22. The molecule has 0 bridgehead atoms. The molecule has 1 aliphatic rings. The molecule has 0 unspecified atom stereocenters. The molecule has 2 aromatic rings. The Labute approximate surface area is 174 Å². The molecule has 1 heterocycles. The largest absolute Gasteiger partial charge is 0.452 e. The monoisotopic (exact) mass is 414 g/mol. The molecule has 29 heavy (non-hydrogen) atoms.